The third-order valence-electron chi connectivity index (χ3n) is 1.88. The minimum absolute atomic E-state index is 0. The van der Waals surface area contributed by atoms with Crippen LogP contribution >= 0.6 is 17.0 Å². The van der Waals surface area contributed by atoms with Gasteiger partial charge in [0.15, 0.2) is 0 Å². The van der Waals surface area contributed by atoms with Crippen molar-refractivity contribution >= 4 is 22.8 Å². The molecular weight excluding hydrogens is 216 g/mol. The molecule has 0 heterocycles. The molecule has 0 aliphatic heterocycles. The maximum absolute atomic E-state index is 10.5. The smallest absolute Gasteiger partial charge is 0.129 e. The Hall–Kier alpha value is 0.150. The first-order valence-corrected chi connectivity index (χ1v) is 4.76. The summed E-state index contributed by atoms with van der Waals surface area (Å²) in [6, 6.07) is 0. The van der Waals surface area contributed by atoms with Gasteiger partial charge < -0.3 is 4.79 Å². The van der Waals surface area contributed by atoms with E-state index in [-0.39, 0.29) is 17.0 Å². The number of unbranched alkanes of at least 4 members (excludes halogenated alkanes) is 5. The molecule has 74 valence electrons. The van der Waals surface area contributed by atoms with Crippen LogP contribution in [0.5, 0.6) is 0 Å². The fourth-order valence-electron chi connectivity index (χ4n) is 1.15. The van der Waals surface area contributed by atoms with Crippen LogP contribution in [-0.4, -0.2) is 5.78 Å². The van der Waals surface area contributed by atoms with Crippen LogP contribution in [0.2, 0.25) is 0 Å². The zero-order valence-electron chi connectivity index (χ0n) is 8.27. The van der Waals surface area contributed by atoms with Crippen molar-refractivity contribution in [3.05, 3.63) is 0 Å². The van der Waals surface area contributed by atoms with E-state index in [1.165, 1.54) is 32.1 Å². The van der Waals surface area contributed by atoms with Gasteiger partial charge in [-0.05, 0) is 13.3 Å². The summed E-state index contributed by atoms with van der Waals surface area (Å²) >= 11 is 0. The van der Waals surface area contributed by atoms with E-state index in [1.807, 2.05) is 0 Å². The maximum Gasteiger partial charge on any atom is 0.129 e. The zero-order valence-corrected chi connectivity index (χ0v) is 9.98. The van der Waals surface area contributed by atoms with Crippen molar-refractivity contribution < 1.29 is 4.79 Å². The lowest BCUT2D eigenvalue weighted by atomic mass is 10.1. The molecule has 1 nitrogen and oxygen atoms in total. The third-order valence-corrected chi connectivity index (χ3v) is 1.88. The molecule has 0 saturated carbocycles. The molecule has 0 radical (unpaired) electrons. The van der Waals surface area contributed by atoms with E-state index in [2.05, 4.69) is 6.92 Å². The van der Waals surface area contributed by atoms with Gasteiger partial charge in [0.2, 0.25) is 0 Å². The molecular formula is C10H21BrO. The van der Waals surface area contributed by atoms with Crippen LogP contribution in [0.25, 0.3) is 0 Å². The van der Waals surface area contributed by atoms with Crippen molar-refractivity contribution in [1.29, 1.82) is 0 Å². The molecule has 0 aromatic heterocycles. The van der Waals surface area contributed by atoms with Gasteiger partial charge >= 0.3 is 0 Å². The van der Waals surface area contributed by atoms with Gasteiger partial charge in [0.25, 0.3) is 0 Å². The molecule has 0 spiro atoms. The molecule has 12 heavy (non-hydrogen) atoms. The normalized spacial score (nSPS) is 9.17. The molecule has 0 rings (SSSR count). The van der Waals surface area contributed by atoms with Crippen molar-refractivity contribution in [3.8, 4) is 0 Å². The highest BCUT2D eigenvalue weighted by Gasteiger charge is 1.92. The summed E-state index contributed by atoms with van der Waals surface area (Å²) in [5, 5.41) is 0. The Bertz CT molecular complexity index is 102. The molecule has 0 aliphatic carbocycles. The molecule has 2 heteroatoms. The van der Waals surface area contributed by atoms with Crippen molar-refractivity contribution in [1.82, 2.24) is 0 Å². The molecule has 0 aromatic rings. The fourth-order valence-corrected chi connectivity index (χ4v) is 1.15. The molecule has 0 unspecified atom stereocenters. The first kappa shape index (κ1) is 14.7. The van der Waals surface area contributed by atoms with E-state index in [0.717, 1.165) is 12.8 Å². The lowest BCUT2D eigenvalue weighted by Crippen LogP contribution is -1.88. The Morgan fingerprint density at radius 1 is 1.00 bits per heavy atom. The van der Waals surface area contributed by atoms with Crippen LogP contribution in [0.3, 0.4) is 0 Å². The molecule has 0 saturated heterocycles. The highest BCUT2D eigenvalue weighted by atomic mass is 79.9. The van der Waals surface area contributed by atoms with Crippen molar-refractivity contribution in [2.45, 2.75) is 58.8 Å². The molecule has 0 atom stereocenters. The molecule has 0 fully saturated rings. The minimum atomic E-state index is 0. The largest absolute Gasteiger partial charge is 0.300 e. The maximum atomic E-state index is 10.5. The predicted molar refractivity (Wildman–Crippen MR) is 59.0 cm³/mol. The Balaban J connectivity index is 0. The molecule has 0 aromatic carbocycles. The second-order valence-electron chi connectivity index (χ2n) is 3.22. The van der Waals surface area contributed by atoms with Gasteiger partial charge in [0, 0.05) is 6.42 Å². The number of halogens is 1. The number of ketones is 1. The average molecular weight is 237 g/mol. The monoisotopic (exact) mass is 236 g/mol. The molecule has 0 N–H and O–H groups in total. The molecule has 0 amide bonds. The van der Waals surface area contributed by atoms with Crippen molar-refractivity contribution in [3.63, 3.8) is 0 Å². The van der Waals surface area contributed by atoms with Crippen LogP contribution in [0.4, 0.5) is 0 Å². The summed E-state index contributed by atoms with van der Waals surface area (Å²) in [4.78, 5) is 10.5. The van der Waals surface area contributed by atoms with Gasteiger partial charge in [-0.25, -0.2) is 0 Å². The summed E-state index contributed by atoms with van der Waals surface area (Å²) in [5.74, 6) is 0.334. The third kappa shape index (κ3) is 12.8. The first-order chi connectivity index (χ1) is 5.27. The average Bonchev–Trinajstić information content (AvgIpc) is 1.96. The van der Waals surface area contributed by atoms with Gasteiger partial charge in [0.05, 0.1) is 0 Å². The van der Waals surface area contributed by atoms with Crippen LogP contribution in [0, 0.1) is 0 Å². The highest BCUT2D eigenvalue weighted by Crippen LogP contribution is 2.06. The number of rotatable bonds is 7. The Morgan fingerprint density at radius 2 is 1.50 bits per heavy atom. The quantitative estimate of drug-likeness (QED) is 0.613. The number of hydrogen-bond acceptors (Lipinski definition) is 1. The van der Waals surface area contributed by atoms with Crippen molar-refractivity contribution in [2.75, 3.05) is 0 Å². The Kier molecular flexibility index (Phi) is 13.6. The summed E-state index contributed by atoms with van der Waals surface area (Å²) in [6.45, 7) is 3.89. The molecule has 0 bridgehead atoms. The van der Waals surface area contributed by atoms with Gasteiger partial charge in [0.1, 0.15) is 5.78 Å². The predicted octanol–water partition coefficient (Wildman–Crippen LogP) is 3.90. The van der Waals surface area contributed by atoms with Crippen LogP contribution < -0.4 is 0 Å². The summed E-state index contributed by atoms with van der Waals surface area (Å²) in [7, 11) is 0. The van der Waals surface area contributed by atoms with Crippen LogP contribution in [0.15, 0.2) is 0 Å². The standard InChI is InChI=1S/C10H20O.BrH/c1-3-4-5-6-7-8-9-10(2)11;/h3-9H2,1-2H3;1H. The van der Waals surface area contributed by atoms with E-state index in [9.17, 15) is 4.79 Å². The highest BCUT2D eigenvalue weighted by molar-refractivity contribution is 8.93. The van der Waals surface area contributed by atoms with Gasteiger partial charge in [-0.1, -0.05) is 39.0 Å². The SMILES string of the molecule is Br.CCCCCCCCC(C)=O. The Morgan fingerprint density at radius 3 is 2.00 bits per heavy atom. The van der Waals surface area contributed by atoms with Crippen molar-refractivity contribution in [2.24, 2.45) is 0 Å². The lowest BCUT2D eigenvalue weighted by Gasteiger charge is -1.97. The summed E-state index contributed by atoms with van der Waals surface area (Å²) in [6.07, 6.45) is 8.41. The Labute approximate surface area is 86.7 Å². The van der Waals surface area contributed by atoms with E-state index in [4.69, 9.17) is 0 Å². The van der Waals surface area contributed by atoms with Crippen LogP contribution in [-0.2, 0) is 4.79 Å². The van der Waals surface area contributed by atoms with Gasteiger partial charge in [-0.2, -0.15) is 0 Å². The lowest BCUT2D eigenvalue weighted by molar-refractivity contribution is -0.117. The second-order valence-corrected chi connectivity index (χ2v) is 3.22. The number of carbonyl (C=O) groups excluding carboxylic acids is 1. The number of carbonyl (C=O) groups is 1. The number of hydrogen-bond donors (Lipinski definition) is 0. The van der Waals surface area contributed by atoms with E-state index >= 15 is 0 Å². The number of Topliss-reactive ketones (excluding diaryl/α,β-unsaturated/α-hetero) is 1. The minimum Gasteiger partial charge on any atom is -0.300 e. The van der Waals surface area contributed by atoms with Crippen LogP contribution in [0.1, 0.15) is 58.8 Å². The van der Waals surface area contributed by atoms with Gasteiger partial charge in [-0.3, -0.25) is 0 Å². The van der Waals surface area contributed by atoms with E-state index in [0.29, 0.717) is 5.78 Å². The summed E-state index contributed by atoms with van der Waals surface area (Å²) < 4.78 is 0. The molecule has 0 aliphatic rings. The van der Waals surface area contributed by atoms with E-state index < -0.39 is 0 Å². The summed E-state index contributed by atoms with van der Waals surface area (Å²) in [5.41, 5.74) is 0. The second kappa shape index (κ2) is 11.2. The fraction of sp³-hybridized carbons (Fsp3) is 0.900. The zero-order chi connectivity index (χ0) is 8.53. The van der Waals surface area contributed by atoms with Gasteiger partial charge in [-0.15, -0.1) is 17.0 Å². The first-order valence-electron chi connectivity index (χ1n) is 4.76. The topological polar surface area (TPSA) is 17.1 Å². The van der Waals surface area contributed by atoms with E-state index in [1.54, 1.807) is 6.92 Å².